The molecule has 0 saturated carbocycles. The van der Waals surface area contributed by atoms with Crippen LogP contribution in [-0.2, 0) is 24.0 Å². The van der Waals surface area contributed by atoms with Crippen molar-refractivity contribution in [1.29, 1.82) is 0 Å². The fourth-order valence-electron chi connectivity index (χ4n) is 3.57. The summed E-state index contributed by atoms with van der Waals surface area (Å²) in [7, 11) is 1.94. The monoisotopic (exact) mass is 490 g/mol. The van der Waals surface area contributed by atoms with Crippen molar-refractivity contribution in [1.82, 2.24) is 4.57 Å². The maximum atomic E-state index is 13.0. The second kappa shape index (κ2) is 9.04. The van der Waals surface area contributed by atoms with Gasteiger partial charge < -0.3 is 20.1 Å². The predicted molar refractivity (Wildman–Crippen MR) is 126 cm³/mol. The van der Waals surface area contributed by atoms with Crippen LogP contribution >= 0.6 is 27.7 Å². The molecule has 3 rings (SSSR count). The number of hydrogen-bond donors (Lipinski definition) is 2. The fraction of sp³-hybridized carbons (Fsp3) is 0.348. The highest BCUT2D eigenvalue weighted by Gasteiger charge is 2.29. The Labute approximate surface area is 189 Å². The number of phenols is 1. The van der Waals surface area contributed by atoms with Gasteiger partial charge in [-0.05, 0) is 61.3 Å². The van der Waals surface area contributed by atoms with E-state index in [1.807, 2.05) is 61.9 Å². The minimum Gasteiger partial charge on any atom is -0.506 e. The number of thioether (sulfide) groups is 1. The summed E-state index contributed by atoms with van der Waals surface area (Å²) in [5.74, 6) is 0.316. The smallest absolute Gasteiger partial charge is 0.340 e. The van der Waals surface area contributed by atoms with Crippen LogP contribution in [0.4, 0.5) is 0 Å². The summed E-state index contributed by atoms with van der Waals surface area (Å²) in [6.45, 7) is 5.87. The summed E-state index contributed by atoms with van der Waals surface area (Å²) in [5, 5.41) is 11.5. The number of carbonyl (C=O) groups excluding carboxylic acids is 1. The van der Waals surface area contributed by atoms with E-state index < -0.39 is 5.54 Å². The summed E-state index contributed by atoms with van der Waals surface area (Å²) in [5.41, 5.74) is 8.58. The van der Waals surface area contributed by atoms with E-state index in [-0.39, 0.29) is 18.3 Å². The molecule has 3 N–H and O–H groups in total. The highest BCUT2D eigenvalue weighted by Crippen LogP contribution is 2.41. The molecule has 0 atom stereocenters. The second-order valence-electron chi connectivity index (χ2n) is 7.95. The number of benzene rings is 2. The quantitative estimate of drug-likeness (QED) is 0.342. The van der Waals surface area contributed by atoms with Gasteiger partial charge in [-0.25, -0.2) is 4.79 Å². The standard InChI is InChI=1S/C23H27BrN2O3S/c1-5-29-22(28)20-18(13-30-14-9-7-6-8-10-14)26(4)17-11-16(24)21(27)15(19(17)20)12-23(2,3)25/h6-11,27H,5,12-13,25H2,1-4H3. The molecule has 3 aromatic rings. The van der Waals surface area contributed by atoms with Crippen LogP contribution in [0.2, 0.25) is 0 Å². The number of aryl methyl sites for hydroxylation is 1. The lowest BCUT2D eigenvalue weighted by molar-refractivity contribution is 0.0527. The number of nitrogens with zero attached hydrogens (tertiary/aromatic N) is 1. The lowest BCUT2D eigenvalue weighted by Crippen LogP contribution is -2.34. The van der Waals surface area contributed by atoms with E-state index in [1.54, 1.807) is 18.7 Å². The van der Waals surface area contributed by atoms with E-state index in [1.165, 1.54) is 0 Å². The van der Waals surface area contributed by atoms with Crippen LogP contribution in [0.5, 0.6) is 5.75 Å². The van der Waals surface area contributed by atoms with Gasteiger partial charge >= 0.3 is 5.97 Å². The van der Waals surface area contributed by atoms with Gasteiger partial charge in [0.1, 0.15) is 5.75 Å². The molecule has 0 amide bonds. The third-order valence-corrected chi connectivity index (χ3v) is 6.50. The normalized spacial score (nSPS) is 11.8. The second-order valence-corrected chi connectivity index (χ2v) is 9.85. The molecular formula is C23H27BrN2O3S. The number of nitrogens with two attached hydrogens (primary N) is 1. The summed E-state index contributed by atoms with van der Waals surface area (Å²) < 4.78 is 8.00. The number of halogens is 1. The van der Waals surface area contributed by atoms with Crippen LogP contribution in [0.15, 0.2) is 45.8 Å². The average molecular weight is 491 g/mol. The van der Waals surface area contributed by atoms with E-state index in [4.69, 9.17) is 10.5 Å². The number of aromatic nitrogens is 1. The van der Waals surface area contributed by atoms with E-state index in [2.05, 4.69) is 15.9 Å². The number of fused-ring (bicyclic) bond motifs is 1. The number of phenolic OH excluding ortho intramolecular Hbond substituents is 1. The van der Waals surface area contributed by atoms with Gasteiger partial charge in [0.05, 0.1) is 22.2 Å². The molecule has 0 bridgehead atoms. The zero-order chi connectivity index (χ0) is 22.1. The Balaban J connectivity index is 2.24. The van der Waals surface area contributed by atoms with Crippen molar-refractivity contribution >= 4 is 44.6 Å². The van der Waals surface area contributed by atoms with Gasteiger partial charge in [0.15, 0.2) is 0 Å². The van der Waals surface area contributed by atoms with E-state index >= 15 is 0 Å². The zero-order valence-corrected chi connectivity index (χ0v) is 20.1. The number of ether oxygens (including phenoxy) is 1. The molecule has 0 radical (unpaired) electrons. The first-order valence-electron chi connectivity index (χ1n) is 9.79. The molecule has 0 spiro atoms. The van der Waals surface area contributed by atoms with Crippen molar-refractivity contribution in [2.75, 3.05) is 6.61 Å². The Kier molecular flexibility index (Phi) is 6.84. The van der Waals surface area contributed by atoms with Crippen LogP contribution in [0.3, 0.4) is 0 Å². The minimum atomic E-state index is -0.564. The topological polar surface area (TPSA) is 77.5 Å². The van der Waals surface area contributed by atoms with Crippen molar-refractivity contribution < 1.29 is 14.6 Å². The summed E-state index contributed by atoms with van der Waals surface area (Å²) in [6.07, 6.45) is 0.413. The molecule has 2 aromatic carbocycles. The predicted octanol–water partition coefficient (Wildman–Crippen LogP) is 5.40. The lowest BCUT2D eigenvalue weighted by Gasteiger charge is -2.21. The Morgan fingerprint density at radius 1 is 1.30 bits per heavy atom. The molecule has 0 fully saturated rings. The van der Waals surface area contributed by atoms with Crippen molar-refractivity contribution in [3.8, 4) is 5.75 Å². The number of esters is 1. The highest BCUT2D eigenvalue weighted by atomic mass is 79.9. The van der Waals surface area contributed by atoms with Gasteiger partial charge in [0.2, 0.25) is 0 Å². The Morgan fingerprint density at radius 3 is 2.57 bits per heavy atom. The molecule has 160 valence electrons. The summed E-state index contributed by atoms with van der Waals surface area (Å²) in [6, 6.07) is 11.9. The molecule has 0 aliphatic carbocycles. The minimum absolute atomic E-state index is 0.111. The maximum Gasteiger partial charge on any atom is 0.340 e. The van der Waals surface area contributed by atoms with E-state index in [0.717, 1.165) is 16.1 Å². The summed E-state index contributed by atoms with van der Waals surface area (Å²) >= 11 is 5.11. The molecule has 0 saturated heterocycles. The highest BCUT2D eigenvalue weighted by molar-refractivity contribution is 9.10. The van der Waals surface area contributed by atoms with Crippen molar-refractivity contribution in [2.45, 2.75) is 43.4 Å². The fourth-order valence-corrected chi connectivity index (χ4v) is 5.01. The average Bonchev–Trinajstić information content (AvgIpc) is 2.96. The SMILES string of the molecule is CCOC(=O)c1c(CSc2ccccc2)n(C)c2cc(Br)c(O)c(CC(C)(C)N)c12. The maximum absolute atomic E-state index is 13.0. The third kappa shape index (κ3) is 4.68. The van der Waals surface area contributed by atoms with Gasteiger partial charge in [-0.1, -0.05) is 18.2 Å². The van der Waals surface area contributed by atoms with Gasteiger partial charge in [-0.2, -0.15) is 0 Å². The molecule has 1 heterocycles. The Hall–Kier alpha value is -1.96. The lowest BCUT2D eigenvalue weighted by atomic mass is 9.91. The van der Waals surface area contributed by atoms with Crippen LogP contribution in [0.1, 0.15) is 42.4 Å². The van der Waals surface area contributed by atoms with Crippen LogP contribution in [0, 0.1) is 0 Å². The van der Waals surface area contributed by atoms with Crippen molar-refractivity contribution in [3.63, 3.8) is 0 Å². The molecule has 7 heteroatoms. The van der Waals surface area contributed by atoms with Gasteiger partial charge in [0.25, 0.3) is 0 Å². The first kappa shape index (κ1) is 22.7. The molecule has 5 nitrogen and oxygen atoms in total. The molecule has 30 heavy (non-hydrogen) atoms. The number of aromatic hydroxyl groups is 1. The molecule has 0 aliphatic heterocycles. The van der Waals surface area contributed by atoms with Gasteiger partial charge in [-0.15, -0.1) is 11.8 Å². The first-order valence-corrected chi connectivity index (χ1v) is 11.6. The van der Waals surface area contributed by atoms with Gasteiger partial charge in [0, 0.05) is 39.9 Å². The van der Waals surface area contributed by atoms with Crippen molar-refractivity contribution in [2.24, 2.45) is 12.8 Å². The third-order valence-electron chi connectivity index (χ3n) is 4.87. The first-order chi connectivity index (χ1) is 14.1. The number of hydrogen-bond acceptors (Lipinski definition) is 5. The Morgan fingerprint density at radius 2 is 1.97 bits per heavy atom. The molecule has 0 aliphatic rings. The number of carbonyl (C=O) groups is 1. The van der Waals surface area contributed by atoms with Gasteiger partial charge in [-0.3, -0.25) is 0 Å². The van der Waals surface area contributed by atoms with Crippen LogP contribution < -0.4 is 5.73 Å². The number of rotatable bonds is 7. The van der Waals surface area contributed by atoms with Crippen LogP contribution in [-0.4, -0.2) is 27.8 Å². The van der Waals surface area contributed by atoms with E-state index in [0.29, 0.717) is 33.2 Å². The van der Waals surface area contributed by atoms with Crippen LogP contribution in [0.25, 0.3) is 10.9 Å². The van der Waals surface area contributed by atoms with E-state index in [9.17, 15) is 9.90 Å². The molecule has 1 aromatic heterocycles. The Bertz CT molecular complexity index is 1070. The largest absolute Gasteiger partial charge is 0.506 e. The molecular weight excluding hydrogens is 464 g/mol. The zero-order valence-electron chi connectivity index (χ0n) is 17.7. The molecule has 0 unspecified atom stereocenters. The van der Waals surface area contributed by atoms with Crippen molar-refractivity contribution in [3.05, 3.63) is 57.7 Å². The summed E-state index contributed by atoms with van der Waals surface area (Å²) in [4.78, 5) is 14.2.